The van der Waals surface area contributed by atoms with E-state index in [4.69, 9.17) is 0 Å². The molecule has 0 aliphatic heterocycles. The van der Waals surface area contributed by atoms with E-state index in [0.717, 1.165) is 6.42 Å². The Kier molecular flexibility index (Phi) is 4.21. The van der Waals surface area contributed by atoms with Gasteiger partial charge in [0, 0.05) is 11.1 Å². The number of Topliss-reactive ketones (excluding diaryl/α,β-unsaturated/α-hetero) is 3. The molecule has 1 aliphatic carbocycles. The van der Waals surface area contributed by atoms with Gasteiger partial charge in [-0.15, -0.1) is 0 Å². The smallest absolute Gasteiger partial charge is 0.230 e. The number of carbonyl (C=O) groups is 3. The Bertz CT molecular complexity index is 618. The number of fused-ring (bicyclic) bond motifs is 1. The first-order valence-electron chi connectivity index (χ1n) is 7.18. The highest BCUT2D eigenvalue weighted by molar-refractivity contribution is 6.51. The van der Waals surface area contributed by atoms with Crippen molar-refractivity contribution in [2.45, 2.75) is 33.6 Å². The molecule has 0 aromatic heterocycles. The van der Waals surface area contributed by atoms with Crippen molar-refractivity contribution in [1.82, 2.24) is 0 Å². The van der Waals surface area contributed by atoms with Crippen LogP contribution in [0.2, 0.25) is 0 Å². The van der Waals surface area contributed by atoms with E-state index in [-0.39, 0.29) is 16.8 Å². The van der Waals surface area contributed by atoms with Gasteiger partial charge >= 0.3 is 0 Å². The number of benzene rings is 1. The highest BCUT2D eigenvalue weighted by Crippen LogP contribution is 2.26. The summed E-state index contributed by atoms with van der Waals surface area (Å²) in [4.78, 5) is 36.5. The topological polar surface area (TPSA) is 51.2 Å². The van der Waals surface area contributed by atoms with Crippen LogP contribution in [0.15, 0.2) is 36.4 Å². The first kappa shape index (κ1) is 15.4. The molecule has 1 aromatic rings. The van der Waals surface area contributed by atoms with Crippen LogP contribution >= 0.6 is 0 Å². The van der Waals surface area contributed by atoms with Gasteiger partial charge in [-0.3, -0.25) is 14.4 Å². The molecule has 0 fully saturated rings. The first-order valence-corrected chi connectivity index (χ1v) is 7.18. The molecular formula is C18H20O3. The summed E-state index contributed by atoms with van der Waals surface area (Å²) in [5, 5.41) is 0. The third-order valence-electron chi connectivity index (χ3n) is 3.56. The molecule has 0 amide bonds. The van der Waals surface area contributed by atoms with Crippen molar-refractivity contribution >= 4 is 17.3 Å². The van der Waals surface area contributed by atoms with E-state index in [1.54, 1.807) is 24.3 Å². The van der Waals surface area contributed by atoms with Gasteiger partial charge in [-0.1, -0.05) is 57.2 Å². The quantitative estimate of drug-likeness (QED) is 0.484. The molecule has 3 heteroatoms. The molecule has 3 nitrogen and oxygen atoms in total. The zero-order valence-electron chi connectivity index (χ0n) is 12.7. The third kappa shape index (κ3) is 3.35. The SMILES string of the molecule is CC(C)(C)CC=CCC1C(=O)C(=O)c2ccccc2C1=O. The molecule has 0 radical (unpaired) electrons. The lowest BCUT2D eigenvalue weighted by atomic mass is 9.79. The molecule has 0 bridgehead atoms. The molecule has 110 valence electrons. The maximum Gasteiger partial charge on any atom is 0.230 e. The van der Waals surface area contributed by atoms with E-state index < -0.39 is 17.5 Å². The maximum absolute atomic E-state index is 12.4. The molecule has 0 N–H and O–H groups in total. The zero-order chi connectivity index (χ0) is 15.6. The summed E-state index contributed by atoms with van der Waals surface area (Å²) in [5.41, 5.74) is 0.776. The molecule has 0 spiro atoms. The van der Waals surface area contributed by atoms with Crippen molar-refractivity contribution in [2.75, 3.05) is 0 Å². The van der Waals surface area contributed by atoms with Crippen LogP contribution < -0.4 is 0 Å². The van der Waals surface area contributed by atoms with Crippen LogP contribution in [0.25, 0.3) is 0 Å². The molecule has 0 saturated carbocycles. The number of carbonyl (C=O) groups excluding carboxylic acids is 3. The second-order valence-corrected chi connectivity index (χ2v) is 6.63. The van der Waals surface area contributed by atoms with E-state index in [1.165, 1.54) is 0 Å². The van der Waals surface area contributed by atoms with Gasteiger partial charge in [0.15, 0.2) is 5.78 Å². The molecule has 1 aliphatic rings. The van der Waals surface area contributed by atoms with Crippen LogP contribution in [0, 0.1) is 11.3 Å². The first-order chi connectivity index (χ1) is 9.81. The summed E-state index contributed by atoms with van der Waals surface area (Å²) < 4.78 is 0. The molecule has 0 heterocycles. The molecule has 2 rings (SSSR count). The zero-order valence-corrected chi connectivity index (χ0v) is 12.7. The molecule has 0 saturated heterocycles. The average molecular weight is 284 g/mol. The fourth-order valence-corrected chi connectivity index (χ4v) is 2.38. The Labute approximate surface area is 125 Å². The number of rotatable bonds is 3. The van der Waals surface area contributed by atoms with Gasteiger partial charge in [-0.2, -0.15) is 0 Å². The minimum atomic E-state index is -0.858. The van der Waals surface area contributed by atoms with Crippen LogP contribution in [0.4, 0.5) is 0 Å². The monoisotopic (exact) mass is 284 g/mol. The van der Waals surface area contributed by atoms with Crippen molar-refractivity contribution < 1.29 is 14.4 Å². The predicted molar refractivity (Wildman–Crippen MR) is 81.4 cm³/mol. The van der Waals surface area contributed by atoms with E-state index >= 15 is 0 Å². The van der Waals surface area contributed by atoms with Crippen LogP contribution in [-0.4, -0.2) is 17.3 Å². The lowest BCUT2D eigenvalue weighted by Crippen LogP contribution is -2.36. The summed E-state index contributed by atoms with van der Waals surface area (Å²) in [5.74, 6) is -2.22. The lowest BCUT2D eigenvalue weighted by molar-refractivity contribution is -0.117. The standard InChI is InChI=1S/C18H20O3/c1-18(2,3)11-7-6-10-14-15(19)12-8-4-5-9-13(12)16(20)17(14)21/h4-9,14H,10-11H2,1-3H3. The fraction of sp³-hybridized carbons (Fsp3) is 0.389. The highest BCUT2D eigenvalue weighted by atomic mass is 16.2. The van der Waals surface area contributed by atoms with Gasteiger partial charge < -0.3 is 0 Å². The Morgan fingerprint density at radius 3 is 2.19 bits per heavy atom. The Morgan fingerprint density at radius 1 is 0.952 bits per heavy atom. The van der Waals surface area contributed by atoms with Crippen LogP contribution in [-0.2, 0) is 4.79 Å². The van der Waals surface area contributed by atoms with Gasteiger partial charge in [-0.05, 0) is 18.3 Å². The molecule has 1 atom stereocenters. The molecular weight excluding hydrogens is 264 g/mol. The summed E-state index contributed by atoms with van der Waals surface area (Å²) in [6, 6.07) is 6.54. The third-order valence-corrected chi connectivity index (χ3v) is 3.56. The van der Waals surface area contributed by atoms with Gasteiger partial charge in [0.25, 0.3) is 0 Å². The van der Waals surface area contributed by atoms with Gasteiger partial charge in [0.05, 0.1) is 5.92 Å². The Hall–Kier alpha value is -2.03. The summed E-state index contributed by atoms with van der Waals surface area (Å²) in [7, 11) is 0. The predicted octanol–water partition coefficient (Wildman–Crippen LogP) is 3.63. The van der Waals surface area contributed by atoms with Crippen molar-refractivity contribution in [3.63, 3.8) is 0 Å². The van der Waals surface area contributed by atoms with E-state index in [9.17, 15) is 14.4 Å². The maximum atomic E-state index is 12.4. The average Bonchev–Trinajstić information content (AvgIpc) is 2.43. The summed E-state index contributed by atoms with van der Waals surface area (Å²) in [6.07, 6.45) is 4.99. The van der Waals surface area contributed by atoms with Crippen molar-refractivity contribution in [3.8, 4) is 0 Å². The van der Waals surface area contributed by atoms with Crippen LogP contribution in [0.5, 0.6) is 0 Å². The van der Waals surface area contributed by atoms with E-state index in [1.807, 2.05) is 12.2 Å². The van der Waals surface area contributed by atoms with Crippen LogP contribution in [0.1, 0.15) is 54.3 Å². The van der Waals surface area contributed by atoms with Crippen LogP contribution in [0.3, 0.4) is 0 Å². The highest BCUT2D eigenvalue weighted by Gasteiger charge is 2.39. The summed E-state index contributed by atoms with van der Waals surface area (Å²) >= 11 is 0. The van der Waals surface area contributed by atoms with E-state index in [2.05, 4.69) is 20.8 Å². The molecule has 21 heavy (non-hydrogen) atoms. The second-order valence-electron chi connectivity index (χ2n) is 6.63. The second kappa shape index (κ2) is 5.76. The molecule has 1 aromatic carbocycles. The lowest BCUT2D eigenvalue weighted by Gasteiger charge is -2.20. The molecule has 1 unspecified atom stereocenters. The summed E-state index contributed by atoms with van der Waals surface area (Å²) in [6.45, 7) is 6.36. The van der Waals surface area contributed by atoms with Gasteiger partial charge in [-0.25, -0.2) is 0 Å². The number of allylic oxidation sites excluding steroid dienone is 2. The van der Waals surface area contributed by atoms with Crippen molar-refractivity contribution in [2.24, 2.45) is 11.3 Å². The van der Waals surface area contributed by atoms with E-state index in [0.29, 0.717) is 12.0 Å². The van der Waals surface area contributed by atoms with Gasteiger partial charge in [0.2, 0.25) is 11.6 Å². The Balaban J connectivity index is 2.17. The Morgan fingerprint density at radius 2 is 1.57 bits per heavy atom. The minimum Gasteiger partial charge on any atom is -0.293 e. The number of ketones is 3. The van der Waals surface area contributed by atoms with Gasteiger partial charge in [0.1, 0.15) is 0 Å². The number of hydrogen-bond donors (Lipinski definition) is 0. The normalized spacial score (nSPS) is 19.2. The van der Waals surface area contributed by atoms with Crippen molar-refractivity contribution in [1.29, 1.82) is 0 Å². The fourth-order valence-electron chi connectivity index (χ4n) is 2.38. The van der Waals surface area contributed by atoms with Crippen molar-refractivity contribution in [3.05, 3.63) is 47.5 Å². The number of hydrogen-bond acceptors (Lipinski definition) is 3. The largest absolute Gasteiger partial charge is 0.293 e. The minimum absolute atomic E-state index is 0.166.